The Hall–Kier alpha value is -3.82. The summed E-state index contributed by atoms with van der Waals surface area (Å²) in [5.74, 6) is -0.531. The van der Waals surface area contributed by atoms with Gasteiger partial charge >= 0.3 is 6.09 Å². The van der Waals surface area contributed by atoms with Gasteiger partial charge in [0.25, 0.3) is 5.91 Å². The van der Waals surface area contributed by atoms with Gasteiger partial charge in [-0.3, -0.25) is 14.7 Å². The van der Waals surface area contributed by atoms with Gasteiger partial charge in [-0.15, -0.1) is 0 Å². The number of piperazine rings is 1. The minimum Gasteiger partial charge on any atom is -0.444 e. The SMILES string of the molecule is COCCN(C(=O)c1ccc(-c2cccc(F)c2)nc1)c1ccc(CN2CCN(C(=O)OC(C)(C)C)[C@@H](C)C2)cc1. The average molecular weight is 563 g/mol. The number of carbonyl (C=O) groups is 2. The zero-order valence-corrected chi connectivity index (χ0v) is 24.5. The molecule has 8 nitrogen and oxygen atoms in total. The highest BCUT2D eigenvalue weighted by atomic mass is 19.1. The first kappa shape index (κ1) is 30.1. The molecule has 1 aromatic heterocycles. The van der Waals surface area contributed by atoms with Crippen LogP contribution in [-0.2, 0) is 16.0 Å². The minimum atomic E-state index is -0.517. The van der Waals surface area contributed by atoms with Gasteiger partial charge in [0.15, 0.2) is 0 Å². The fourth-order valence-corrected chi connectivity index (χ4v) is 4.83. The van der Waals surface area contributed by atoms with E-state index in [0.717, 1.165) is 30.9 Å². The first-order valence-corrected chi connectivity index (χ1v) is 13.9. The van der Waals surface area contributed by atoms with Gasteiger partial charge in [-0.05, 0) is 69.7 Å². The molecule has 0 unspecified atom stereocenters. The Morgan fingerprint density at radius 3 is 2.44 bits per heavy atom. The van der Waals surface area contributed by atoms with Crippen LogP contribution < -0.4 is 4.90 Å². The van der Waals surface area contributed by atoms with E-state index in [9.17, 15) is 14.0 Å². The average Bonchev–Trinajstić information content (AvgIpc) is 2.93. The van der Waals surface area contributed by atoms with E-state index in [2.05, 4.69) is 9.88 Å². The van der Waals surface area contributed by atoms with Crippen molar-refractivity contribution < 1.29 is 23.5 Å². The molecule has 0 saturated carbocycles. The van der Waals surface area contributed by atoms with Crippen LogP contribution in [0.5, 0.6) is 0 Å². The number of ether oxygens (including phenoxy) is 2. The molecule has 0 radical (unpaired) electrons. The molecule has 2 aromatic carbocycles. The van der Waals surface area contributed by atoms with Crippen molar-refractivity contribution >= 4 is 17.7 Å². The van der Waals surface area contributed by atoms with E-state index in [4.69, 9.17) is 9.47 Å². The van der Waals surface area contributed by atoms with Gasteiger partial charge < -0.3 is 19.3 Å². The summed E-state index contributed by atoms with van der Waals surface area (Å²) in [5, 5.41) is 0. The number of anilines is 1. The lowest BCUT2D eigenvalue weighted by atomic mass is 10.1. The lowest BCUT2D eigenvalue weighted by molar-refractivity contribution is 0.000550. The largest absolute Gasteiger partial charge is 0.444 e. The fourth-order valence-electron chi connectivity index (χ4n) is 4.83. The molecule has 1 aliphatic heterocycles. The first-order chi connectivity index (χ1) is 19.5. The number of hydrogen-bond acceptors (Lipinski definition) is 6. The lowest BCUT2D eigenvalue weighted by Crippen LogP contribution is -2.54. The molecule has 1 saturated heterocycles. The molecule has 2 heterocycles. The molecule has 0 aliphatic carbocycles. The zero-order chi connectivity index (χ0) is 29.6. The molecule has 41 heavy (non-hydrogen) atoms. The molecule has 0 bridgehead atoms. The van der Waals surface area contributed by atoms with Gasteiger partial charge in [-0.25, -0.2) is 9.18 Å². The van der Waals surface area contributed by atoms with Crippen molar-refractivity contribution in [2.24, 2.45) is 0 Å². The number of rotatable bonds is 8. The molecule has 3 aromatic rings. The van der Waals surface area contributed by atoms with E-state index < -0.39 is 5.60 Å². The third-order valence-electron chi connectivity index (χ3n) is 6.89. The highest BCUT2D eigenvalue weighted by Crippen LogP contribution is 2.23. The van der Waals surface area contributed by atoms with Crippen LogP contribution in [0.1, 0.15) is 43.6 Å². The lowest BCUT2D eigenvalue weighted by Gasteiger charge is -2.40. The summed E-state index contributed by atoms with van der Waals surface area (Å²) >= 11 is 0. The topological polar surface area (TPSA) is 75.2 Å². The number of benzene rings is 2. The van der Waals surface area contributed by atoms with E-state index in [0.29, 0.717) is 36.5 Å². The third-order valence-corrected chi connectivity index (χ3v) is 6.89. The van der Waals surface area contributed by atoms with Gasteiger partial charge in [0.1, 0.15) is 11.4 Å². The van der Waals surface area contributed by atoms with E-state index >= 15 is 0 Å². The first-order valence-electron chi connectivity index (χ1n) is 13.9. The number of pyridine rings is 1. The van der Waals surface area contributed by atoms with Crippen molar-refractivity contribution in [1.82, 2.24) is 14.8 Å². The maximum absolute atomic E-state index is 13.6. The third kappa shape index (κ3) is 8.11. The number of nitrogens with zero attached hydrogens (tertiary/aromatic N) is 4. The monoisotopic (exact) mass is 562 g/mol. The molecular weight excluding hydrogens is 523 g/mol. The van der Waals surface area contributed by atoms with Crippen LogP contribution in [0.15, 0.2) is 66.9 Å². The molecule has 1 fully saturated rings. The van der Waals surface area contributed by atoms with Crippen molar-refractivity contribution in [3.05, 3.63) is 83.8 Å². The van der Waals surface area contributed by atoms with Crippen LogP contribution >= 0.6 is 0 Å². The number of carbonyl (C=O) groups excluding carboxylic acids is 2. The molecule has 0 spiro atoms. The quantitative estimate of drug-likeness (QED) is 0.355. The second kappa shape index (κ2) is 13.2. The Kier molecular flexibility index (Phi) is 9.73. The normalized spacial score (nSPS) is 16.0. The molecule has 0 N–H and O–H groups in total. The Bertz CT molecular complexity index is 1320. The van der Waals surface area contributed by atoms with Gasteiger partial charge in [0.2, 0.25) is 0 Å². The number of hydrogen-bond donors (Lipinski definition) is 0. The predicted octanol–water partition coefficient (Wildman–Crippen LogP) is 5.62. The van der Waals surface area contributed by atoms with Crippen molar-refractivity contribution in [3.8, 4) is 11.3 Å². The van der Waals surface area contributed by atoms with Crippen LogP contribution in [0.25, 0.3) is 11.3 Å². The van der Waals surface area contributed by atoms with Gasteiger partial charge in [0.05, 0.1) is 17.9 Å². The number of halogens is 1. The maximum atomic E-state index is 13.6. The highest BCUT2D eigenvalue weighted by molar-refractivity contribution is 6.06. The Labute approximate surface area is 241 Å². The highest BCUT2D eigenvalue weighted by Gasteiger charge is 2.30. The number of aromatic nitrogens is 1. The predicted molar refractivity (Wildman–Crippen MR) is 157 cm³/mol. The number of methoxy groups -OCH3 is 1. The van der Waals surface area contributed by atoms with Gasteiger partial charge in [-0.2, -0.15) is 0 Å². The molecule has 1 aliphatic rings. The minimum absolute atomic E-state index is 0.0425. The van der Waals surface area contributed by atoms with E-state index in [1.807, 2.05) is 52.0 Å². The number of amides is 2. The van der Waals surface area contributed by atoms with E-state index in [1.54, 1.807) is 41.2 Å². The van der Waals surface area contributed by atoms with Gasteiger partial charge in [0, 0.05) is 63.3 Å². The van der Waals surface area contributed by atoms with Gasteiger partial charge in [-0.1, -0.05) is 24.3 Å². The second-order valence-electron chi connectivity index (χ2n) is 11.3. The molecule has 218 valence electrons. The van der Waals surface area contributed by atoms with Crippen molar-refractivity contribution in [2.75, 3.05) is 44.8 Å². The van der Waals surface area contributed by atoms with Crippen LogP contribution in [-0.4, -0.2) is 78.3 Å². The summed E-state index contributed by atoms with van der Waals surface area (Å²) in [5.41, 5.74) is 3.03. The maximum Gasteiger partial charge on any atom is 0.410 e. The molecule has 4 rings (SSSR count). The molecule has 9 heteroatoms. The molecule has 1 atom stereocenters. The summed E-state index contributed by atoms with van der Waals surface area (Å²) in [6, 6.07) is 17.6. The molecule has 2 amide bonds. The van der Waals surface area contributed by atoms with Crippen molar-refractivity contribution in [3.63, 3.8) is 0 Å². The second-order valence-corrected chi connectivity index (χ2v) is 11.3. The summed E-state index contributed by atoms with van der Waals surface area (Å²) in [6.45, 7) is 11.3. The summed E-state index contributed by atoms with van der Waals surface area (Å²) in [4.78, 5) is 36.2. The zero-order valence-electron chi connectivity index (χ0n) is 24.5. The fraction of sp³-hybridized carbons (Fsp3) is 0.406. The van der Waals surface area contributed by atoms with E-state index in [-0.39, 0.29) is 23.9 Å². The van der Waals surface area contributed by atoms with Crippen LogP contribution in [0, 0.1) is 5.82 Å². The summed E-state index contributed by atoms with van der Waals surface area (Å²) in [7, 11) is 1.60. The summed E-state index contributed by atoms with van der Waals surface area (Å²) < 4.78 is 24.4. The smallest absolute Gasteiger partial charge is 0.410 e. The van der Waals surface area contributed by atoms with Crippen molar-refractivity contribution in [1.29, 1.82) is 0 Å². The van der Waals surface area contributed by atoms with Crippen LogP contribution in [0.3, 0.4) is 0 Å². The van der Waals surface area contributed by atoms with E-state index in [1.165, 1.54) is 18.3 Å². The van der Waals surface area contributed by atoms with Crippen LogP contribution in [0.4, 0.5) is 14.9 Å². The van der Waals surface area contributed by atoms with Crippen molar-refractivity contribution in [2.45, 2.75) is 45.9 Å². The Balaban J connectivity index is 1.41. The Morgan fingerprint density at radius 1 is 1.07 bits per heavy atom. The summed E-state index contributed by atoms with van der Waals surface area (Å²) in [6.07, 6.45) is 1.25. The Morgan fingerprint density at radius 2 is 1.83 bits per heavy atom. The molecular formula is C32H39FN4O4. The standard InChI is InChI=1S/C32H39FN4O4/c1-23-21-35(15-16-36(23)31(39)41-32(2,3)4)22-24-9-12-28(13-10-24)37(17-18-40-5)30(38)26-11-14-29(34-20-26)25-7-6-8-27(33)19-25/h6-14,19-20,23H,15-18,21-22H2,1-5H3/t23-/m0/s1. The van der Waals surface area contributed by atoms with Crippen LogP contribution in [0.2, 0.25) is 0 Å².